The molecule has 1 aliphatic carbocycles. The van der Waals surface area contributed by atoms with Crippen molar-refractivity contribution in [1.82, 2.24) is 0 Å². The molecular formula is C16H20O9. The average molecular weight is 356 g/mol. The SMILES string of the molecule is O=C(C[C@H](O)c1ccc(O)c(O)c1)C1[C@H](O)CC(O)(C(=O)O)C[C@H]1O. The Morgan fingerprint density at radius 3 is 2.16 bits per heavy atom. The third-order valence-corrected chi connectivity index (χ3v) is 4.47. The van der Waals surface area contributed by atoms with Crippen molar-refractivity contribution >= 4 is 11.8 Å². The minimum absolute atomic E-state index is 0.144. The summed E-state index contributed by atoms with van der Waals surface area (Å²) in [5.74, 6) is -4.54. The van der Waals surface area contributed by atoms with Gasteiger partial charge in [-0.3, -0.25) is 4.79 Å². The van der Waals surface area contributed by atoms with Crippen LogP contribution < -0.4 is 0 Å². The number of carbonyl (C=O) groups excluding carboxylic acids is 1. The number of carboxylic acid groups (broad SMARTS) is 1. The van der Waals surface area contributed by atoms with E-state index in [0.717, 1.165) is 12.1 Å². The molecule has 1 aromatic rings. The van der Waals surface area contributed by atoms with E-state index in [0.29, 0.717) is 0 Å². The van der Waals surface area contributed by atoms with Crippen molar-refractivity contribution in [2.75, 3.05) is 0 Å². The number of phenolic OH excluding ortho intramolecular Hbond substituents is 2. The molecule has 9 nitrogen and oxygen atoms in total. The highest BCUT2D eigenvalue weighted by Crippen LogP contribution is 2.36. The molecule has 1 saturated carbocycles. The fourth-order valence-corrected chi connectivity index (χ4v) is 3.08. The normalized spacial score (nSPS) is 30.6. The van der Waals surface area contributed by atoms with Gasteiger partial charge in [-0.1, -0.05) is 6.07 Å². The summed E-state index contributed by atoms with van der Waals surface area (Å²) in [4.78, 5) is 23.3. The Kier molecular flexibility index (Phi) is 5.33. The molecule has 2 rings (SSSR count). The topological polar surface area (TPSA) is 176 Å². The van der Waals surface area contributed by atoms with Crippen LogP contribution in [-0.4, -0.2) is 65.3 Å². The van der Waals surface area contributed by atoms with Gasteiger partial charge in [0.15, 0.2) is 17.1 Å². The van der Waals surface area contributed by atoms with E-state index in [1.165, 1.54) is 6.07 Å². The molecule has 0 radical (unpaired) electrons. The van der Waals surface area contributed by atoms with Gasteiger partial charge in [-0.2, -0.15) is 0 Å². The Labute approximate surface area is 142 Å². The maximum Gasteiger partial charge on any atom is 0.335 e. The number of aliphatic hydroxyl groups excluding tert-OH is 3. The summed E-state index contributed by atoms with van der Waals surface area (Å²) in [5, 5.41) is 67.6. The first kappa shape index (κ1) is 19.1. The lowest BCUT2D eigenvalue weighted by Gasteiger charge is -2.39. The van der Waals surface area contributed by atoms with Crippen LogP contribution in [0.3, 0.4) is 0 Å². The Hall–Kier alpha value is -2.20. The second-order valence-corrected chi connectivity index (χ2v) is 6.34. The van der Waals surface area contributed by atoms with Crippen molar-refractivity contribution in [1.29, 1.82) is 0 Å². The van der Waals surface area contributed by atoms with Crippen LogP contribution in [0.1, 0.15) is 30.9 Å². The Morgan fingerprint density at radius 1 is 1.12 bits per heavy atom. The van der Waals surface area contributed by atoms with Gasteiger partial charge in [0.25, 0.3) is 0 Å². The number of benzene rings is 1. The maximum absolute atomic E-state index is 12.3. The van der Waals surface area contributed by atoms with E-state index >= 15 is 0 Å². The first-order valence-corrected chi connectivity index (χ1v) is 7.59. The molecule has 0 aromatic heterocycles. The quantitative estimate of drug-likeness (QED) is 0.327. The summed E-state index contributed by atoms with van der Waals surface area (Å²) in [7, 11) is 0. The summed E-state index contributed by atoms with van der Waals surface area (Å²) in [5.41, 5.74) is -2.18. The second-order valence-electron chi connectivity index (χ2n) is 6.34. The second kappa shape index (κ2) is 6.96. The Bertz CT molecular complexity index is 660. The maximum atomic E-state index is 12.3. The van der Waals surface area contributed by atoms with Crippen molar-refractivity contribution in [3.63, 3.8) is 0 Å². The fraction of sp³-hybridized carbons (Fsp3) is 0.500. The van der Waals surface area contributed by atoms with Crippen LogP contribution in [0.4, 0.5) is 0 Å². The zero-order valence-electron chi connectivity index (χ0n) is 13.1. The first-order chi connectivity index (χ1) is 11.5. The number of carboxylic acids is 1. The zero-order valence-corrected chi connectivity index (χ0v) is 13.1. The highest BCUT2D eigenvalue weighted by Gasteiger charge is 2.51. The first-order valence-electron chi connectivity index (χ1n) is 7.59. The van der Waals surface area contributed by atoms with Crippen LogP contribution in [0.15, 0.2) is 18.2 Å². The number of carbonyl (C=O) groups is 2. The predicted octanol–water partition coefficient (Wildman–Crippen LogP) is -0.962. The molecule has 138 valence electrons. The number of rotatable bonds is 5. The molecule has 7 N–H and O–H groups in total. The van der Waals surface area contributed by atoms with Gasteiger partial charge < -0.3 is 35.7 Å². The molecular weight excluding hydrogens is 336 g/mol. The number of ketones is 1. The van der Waals surface area contributed by atoms with Gasteiger partial charge in [-0.05, 0) is 17.7 Å². The van der Waals surface area contributed by atoms with Gasteiger partial charge in [-0.15, -0.1) is 0 Å². The molecule has 1 aliphatic rings. The molecule has 25 heavy (non-hydrogen) atoms. The number of Topliss-reactive ketones (excluding diaryl/α,β-unsaturated/α-hetero) is 1. The van der Waals surface area contributed by atoms with Crippen molar-refractivity contribution in [2.24, 2.45) is 5.92 Å². The lowest BCUT2D eigenvalue weighted by Crippen LogP contribution is -2.55. The lowest BCUT2D eigenvalue weighted by atomic mass is 9.72. The van der Waals surface area contributed by atoms with E-state index in [-0.39, 0.29) is 5.56 Å². The predicted molar refractivity (Wildman–Crippen MR) is 81.7 cm³/mol. The molecule has 0 spiro atoms. The minimum Gasteiger partial charge on any atom is -0.504 e. The van der Waals surface area contributed by atoms with Crippen LogP contribution in [0.5, 0.6) is 11.5 Å². The fourth-order valence-electron chi connectivity index (χ4n) is 3.08. The summed E-state index contributed by atoms with van der Waals surface area (Å²) >= 11 is 0. The van der Waals surface area contributed by atoms with Gasteiger partial charge in [0.05, 0.1) is 24.2 Å². The molecule has 1 aromatic carbocycles. The third-order valence-electron chi connectivity index (χ3n) is 4.47. The van der Waals surface area contributed by atoms with Gasteiger partial charge in [-0.25, -0.2) is 4.79 Å². The van der Waals surface area contributed by atoms with Crippen molar-refractivity contribution in [3.8, 4) is 11.5 Å². The van der Waals surface area contributed by atoms with E-state index in [2.05, 4.69) is 0 Å². The highest BCUT2D eigenvalue weighted by atomic mass is 16.4. The van der Waals surface area contributed by atoms with Crippen LogP contribution in [0.25, 0.3) is 0 Å². The highest BCUT2D eigenvalue weighted by molar-refractivity contribution is 5.84. The number of aromatic hydroxyl groups is 2. The van der Waals surface area contributed by atoms with Crippen LogP contribution >= 0.6 is 0 Å². The summed E-state index contributed by atoms with van der Waals surface area (Å²) in [6, 6.07) is 3.50. The van der Waals surface area contributed by atoms with Crippen molar-refractivity contribution < 1.29 is 45.3 Å². The van der Waals surface area contributed by atoms with Crippen LogP contribution in [-0.2, 0) is 9.59 Å². The van der Waals surface area contributed by atoms with E-state index in [9.17, 15) is 40.2 Å². The number of phenols is 2. The van der Waals surface area contributed by atoms with Gasteiger partial charge >= 0.3 is 5.97 Å². The van der Waals surface area contributed by atoms with Crippen molar-refractivity contribution in [3.05, 3.63) is 23.8 Å². The summed E-state index contributed by atoms with van der Waals surface area (Å²) in [6.07, 6.45) is -6.28. The molecule has 9 heteroatoms. The molecule has 3 atom stereocenters. The van der Waals surface area contributed by atoms with E-state index in [4.69, 9.17) is 5.11 Å². The number of aliphatic hydroxyl groups is 4. The third kappa shape index (κ3) is 3.90. The molecule has 0 heterocycles. The number of hydrogen-bond acceptors (Lipinski definition) is 8. The van der Waals surface area contributed by atoms with Gasteiger partial charge in [0.2, 0.25) is 0 Å². The van der Waals surface area contributed by atoms with Crippen LogP contribution in [0, 0.1) is 5.92 Å². The number of aliphatic carboxylic acids is 1. The molecule has 0 unspecified atom stereocenters. The van der Waals surface area contributed by atoms with Crippen LogP contribution in [0.2, 0.25) is 0 Å². The van der Waals surface area contributed by atoms with E-state index in [1.807, 2.05) is 0 Å². The molecule has 0 bridgehead atoms. The van der Waals surface area contributed by atoms with Gasteiger partial charge in [0.1, 0.15) is 5.78 Å². The smallest absolute Gasteiger partial charge is 0.335 e. The van der Waals surface area contributed by atoms with E-state index in [1.54, 1.807) is 0 Å². The zero-order chi connectivity index (χ0) is 18.9. The monoisotopic (exact) mass is 356 g/mol. The largest absolute Gasteiger partial charge is 0.504 e. The lowest BCUT2D eigenvalue weighted by molar-refractivity contribution is -0.181. The van der Waals surface area contributed by atoms with Crippen molar-refractivity contribution in [2.45, 2.75) is 43.2 Å². The summed E-state index contributed by atoms with van der Waals surface area (Å²) < 4.78 is 0. The molecule has 0 amide bonds. The molecule has 0 aliphatic heterocycles. The minimum atomic E-state index is -2.32. The average Bonchev–Trinajstić information content (AvgIpc) is 2.48. The summed E-state index contributed by atoms with van der Waals surface area (Å²) in [6.45, 7) is 0. The van der Waals surface area contributed by atoms with Gasteiger partial charge in [0, 0.05) is 19.3 Å². The Morgan fingerprint density at radius 2 is 1.68 bits per heavy atom. The molecule has 1 fully saturated rings. The van der Waals surface area contributed by atoms with E-state index < -0.39 is 72.3 Å². The molecule has 0 saturated heterocycles. The Balaban J connectivity index is 2.09. The standard InChI is InChI=1S/C16H20O9/c17-8-2-1-7(3-10(8)19)9(18)4-11(20)14-12(21)5-16(25,15(23)24)6-13(14)22/h1-3,9,12-14,17-19,21-22,25H,4-6H2,(H,23,24)/t9-,12+,13+,14?,16?/m0/s1. The number of hydrogen-bond donors (Lipinski definition) is 7.